The molecule has 3 heterocycles. The Kier molecular flexibility index (Phi) is 5.53. The zero-order valence-corrected chi connectivity index (χ0v) is 20.2. The Morgan fingerprint density at radius 2 is 1.86 bits per heavy atom. The van der Waals surface area contributed by atoms with Crippen molar-refractivity contribution < 1.29 is 4.79 Å². The number of carbonyl (C=O) groups is 1. The normalized spacial score (nSPS) is 18.7. The molecule has 0 unspecified atom stereocenters. The number of hydrogen-bond donors (Lipinski definition) is 2. The number of halogens is 1. The number of H-pyrrole nitrogens is 1. The largest absolute Gasteiger partial charge is 0.340 e. The Labute approximate surface area is 208 Å². The van der Waals surface area contributed by atoms with Crippen LogP contribution < -0.4 is 15.1 Å². The Morgan fingerprint density at radius 3 is 2.66 bits per heavy atom. The van der Waals surface area contributed by atoms with Gasteiger partial charge in [-0.1, -0.05) is 30.9 Å². The summed E-state index contributed by atoms with van der Waals surface area (Å²) in [6, 6.07) is 13.2. The van der Waals surface area contributed by atoms with Crippen LogP contribution in [-0.2, 0) is 4.79 Å². The SMILES string of the molecule is C[C@@H]1C(=O)N(c2ccc(Cl)cc2)c2cnc(Nc3ccc4[nH]ncc4c3)nc2N1C1CCCCC1. The first-order valence-corrected chi connectivity index (χ1v) is 12.4. The molecule has 1 aliphatic carbocycles. The number of benzene rings is 2. The van der Waals surface area contributed by atoms with Gasteiger partial charge in [0.05, 0.1) is 17.9 Å². The van der Waals surface area contributed by atoms with E-state index in [9.17, 15) is 4.79 Å². The summed E-state index contributed by atoms with van der Waals surface area (Å²) in [5, 5.41) is 12.0. The Bertz CT molecular complexity index is 1380. The highest BCUT2D eigenvalue weighted by atomic mass is 35.5. The number of aromatic amines is 1. The highest BCUT2D eigenvalue weighted by Crippen LogP contribution is 2.42. The van der Waals surface area contributed by atoms with E-state index in [1.54, 1.807) is 29.4 Å². The highest BCUT2D eigenvalue weighted by Gasteiger charge is 2.41. The highest BCUT2D eigenvalue weighted by molar-refractivity contribution is 6.30. The topological polar surface area (TPSA) is 90.0 Å². The predicted octanol–water partition coefficient (Wildman–Crippen LogP) is 5.96. The van der Waals surface area contributed by atoms with Crippen LogP contribution in [0, 0.1) is 0 Å². The van der Waals surface area contributed by atoms with Crippen molar-refractivity contribution in [3.63, 3.8) is 0 Å². The molecule has 2 aromatic heterocycles. The monoisotopic (exact) mass is 487 g/mol. The van der Waals surface area contributed by atoms with Gasteiger partial charge in [0.15, 0.2) is 5.82 Å². The summed E-state index contributed by atoms with van der Waals surface area (Å²) >= 11 is 6.12. The van der Waals surface area contributed by atoms with Crippen LogP contribution in [0.1, 0.15) is 39.0 Å². The lowest BCUT2D eigenvalue weighted by Crippen LogP contribution is -2.55. The second kappa shape index (κ2) is 8.85. The van der Waals surface area contributed by atoms with Gasteiger partial charge in [0.25, 0.3) is 5.91 Å². The first kappa shape index (κ1) is 21.9. The summed E-state index contributed by atoms with van der Waals surface area (Å²) in [5.74, 6) is 1.28. The molecule has 1 amide bonds. The van der Waals surface area contributed by atoms with Crippen molar-refractivity contribution in [3.8, 4) is 0 Å². The number of fused-ring (bicyclic) bond motifs is 2. The molecule has 0 bridgehead atoms. The number of rotatable bonds is 4. The zero-order chi connectivity index (χ0) is 23.9. The summed E-state index contributed by atoms with van der Waals surface area (Å²) in [6.07, 6.45) is 9.22. The lowest BCUT2D eigenvalue weighted by molar-refractivity contribution is -0.119. The van der Waals surface area contributed by atoms with E-state index >= 15 is 0 Å². The van der Waals surface area contributed by atoms with Crippen molar-refractivity contribution in [2.75, 3.05) is 15.1 Å². The Morgan fingerprint density at radius 1 is 1.06 bits per heavy atom. The van der Waals surface area contributed by atoms with Crippen LogP contribution in [0.2, 0.25) is 5.02 Å². The van der Waals surface area contributed by atoms with E-state index in [4.69, 9.17) is 16.6 Å². The maximum absolute atomic E-state index is 13.7. The molecule has 35 heavy (non-hydrogen) atoms. The fraction of sp³-hybridized carbons (Fsp3) is 0.308. The van der Waals surface area contributed by atoms with Crippen LogP contribution >= 0.6 is 11.6 Å². The van der Waals surface area contributed by atoms with Gasteiger partial charge in [-0.3, -0.25) is 14.8 Å². The molecule has 2 aliphatic rings. The number of amides is 1. The van der Waals surface area contributed by atoms with E-state index in [1.165, 1.54) is 19.3 Å². The van der Waals surface area contributed by atoms with E-state index < -0.39 is 0 Å². The molecule has 178 valence electrons. The molecular formula is C26H26ClN7O. The van der Waals surface area contributed by atoms with Crippen molar-refractivity contribution in [1.82, 2.24) is 20.2 Å². The zero-order valence-electron chi connectivity index (χ0n) is 19.4. The molecule has 1 fully saturated rings. The molecule has 1 saturated carbocycles. The molecule has 1 aliphatic heterocycles. The van der Waals surface area contributed by atoms with E-state index in [0.717, 1.165) is 40.9 Å². The third-order valence-corrected chi connectivity index (χ3v) is 7.23. The van der Waals surface area contributed by atoms with Crippen LogP contribution in [0.5, 0.6) is 0 Å². The van der Waals surface area contributed by atoms with Crippen LogP contribution in [-0.4, -0.2) is 38.2 Å². The van der Waals surface area contributed by atoms with Crippen LogP contribution in [0.25, 0.3) is 10.9 Å². The van der Waals surface area contributed by atoms with Gasteiger partial charge in [-0.15, -0.1) is 0 Å². The average Bonchev–Trinajstić information content (AvgIpc) is 3.34. The van der Waals surface area contributed by atoms with E-state index in [-0.39, 0.29) is 18.0 Å². The fourth-order valence-corrected chi connectivity index (χ4v) is 5.36. The minimum atomic E-state index is -0.341. The second-order valence-corrected chi connectivity index (χ2v) is 9.66. The van der Waals surface area contributed by atoms with E-state index in [1.807, 2.05) is 37.3 Å². The Balaban J connectivity index is 1.43. The van der Waals surface area contributed by atoms with Crippen LogP contribution in [0.3, 0.4) is 0 Å². The molecule has 0 spiro atoms. The molecule has 2 aromatic carbocycles. The van der Waals surface area contributed by atoms with Gasteiger partial charge in [-0.2, -0.15) is 10.1 Å². The second-order valence-electron chi connectivity index (χ2n) is 9.22. The maximum Gasteiger partial charge on any atom is 0.254 e. The smallest absolute Gasteiger partial charge is 0.254 e. The van der Waals surface area contributed by atoms with Crippen molar-refractivity contribution in [2.45, 2.75) is 51.1 Å². The van der Waals surface area contributed by atoms with Gasteiger partial charge in [0, 0.05) is 27.8 Å². The van der Waals surface area contributed by atoms with Gasteiger partial charge in [0.2, 0.25) is 5.95 Å². The van der Waals surface area contributed by atoms with Gasteiger partial charge >= 0.3 is 0 Å². The van der Waals surface area contributed by atoms with Crippen LogP contribution in [0.4, 0.5) is 28.8 Å². The van der Waals surface area contributed by atoms with Gasteiger partial charge in [-0.25, -0.2) is 4.98 Å². The summed E-state index contributed by atoms with van der Waals surface area (Å²) in [7, 11) is 0. The van der Waals surface area contributed by atoms with E-state index in [2.05, 4.69) is 25.4 Å². The number of nitrogens with one attached hydrogen (secondary N) is 2. The molecule has 4 aromatic rings. The minimum absolute atomic E-state index is 0.0140. The average molecular weight is 488 g/mol. The lowest BCUT2D eigenvalue weighted by atomic mass is 9.92. The molecule has 1 atom stereocenters. The molecule has 0 saturated heterocycles. The summed E-state index contributed by atoms with van der Waals surface area (Å²) in [6.45, 7) is 1.98. The molecular weight excluding hydrogens is 462 g/mol. The molecule has 8 nitrogen and oxygen atoms in total. The molecule has 2 N–H and O–H groups in total. The standard InChI is InChI=1S/C26H26ClN7O/c1-16-25(35)34(21-10-7-18(27)8-11-21)23-15-28-26(30-19-9-12-22-17(13-19)14-29-32-22)31-24(23)33(16)20-5-3-2-4-6-20/h7-16,20H,2-6H2,1H3,(H,29,32)(H,28,30,31)/t16-/m1/s1. The van der Waals surface area contributed by atoms with Gasteiger partial charge in [-0.05, 0) is 62.2 Å². The number of nitrogens with zero attached hydrogens (tertiary/aromatic N) is 5. The van der Waals surface area contributed by atoms with E-state index in [0.29, 0.717) is 16.7 Å². The molecule has 9 heteroatoms. The third-order valence-electron chi connectivity index (χ3n) is 6.98. The Hall–Kier alpha value is -3.65. The fourth-order valence-electron chi connectivity index (χ4n) is 5.24. The number of anilines is 5. The van der Waals surface area contributed by atoms with Gasteiger partial charge in [0.1, 0.15) is 11.7 Å². The maximum atomic E-state index is 13.7. The third kappa shape index (κ3) is 3.97. The minimum Gasteiger partial charge on any atom is -0.340 e. The van der Waals surface area contributed by atoms with Crippen molar-refractivity contribution >= 4 is 57.2 Å². The first-order chi connectivity index (χ1) is 17.1. The number of carbonyl (C=O) groups excluding carboxylic acids is 1. The van der Waals surface area contributed by atoms with Crippen molar-refractivity contribution in [1.29, 1.82) is 0 Å². The van der Waals surface area contributed by atoms with Crippen LogP contribution in [0.15, 0.2) is 54.9 Å². The predicted molar refractivity (Wildman–Crippen MR) is 139 cm³/mol. The van der Waals surface area contributed by atoms with Gasteiger partial charge < -0.3 is 10.2 Å². The first-order valence-electron chi connectivity index (χ1n) is 12.0. The summed E-state index contributed by atoms with van der Waals surface area (Å²) in [4.78, 5) is 27.2. The lowest BCUT2D eigenvalue weighted by Gasteiger charge is -2.45. The van der Waals surface area contributed by atoms with Crippen molar-refractivity contribution in [2.24, 2.45) is 0 Å². The number of aromatic nitrogens is 4. The summed E-state index contributed by atoms with van der Waals surface area (Å²) < 4.78 is 0. The quantitative estimate of drug-likeness (QED) is 0.369. The number of hydrogen-bond acceptors (Lipinski definition) is 6. The van der Waals surface area contributed by atoms with Crippen molar-refractivity contribution in [3.05, 3.63) is 59.9 Å². The molecule has 6 rings (SSSR count). The molecule has 0 radical (unpaired) electrons. The summed E-state index contributed by atoms with van der Waals surface area (Å²) in [5.41, 5.74) is 3.29.